The highest BCUT2D eigenvalue weighted by molar-refractivity contribution is 6.03. The fraction of sp³-hybridized carbons (Fsp3) is 0.455. The summed E-state index contributed by atoms with van der Waals surface area (Å²) in [7, 11) is 0. The molecule has 0 spiro atoms. The first-order valence-electron chi connectivity index (χ1n) is 9.58. The minimum Gasteiger partial charge on any atom is -0.490 e. The lowest BCUT2D eigenvalue weighted by Crippen LogP contribution is -2.17. The molecule has 2 aliphatic carbocycles. The van der Waals surface area contributed by atoms with Gasteiger partial charge in [-0.2, -0.15) is 4.39 Å². The minimum absolute atomic E-state index is 0.0537. The molecule has 0 radical (unpaired) electrons. The van der Waals surface area contributed by atoms with E-state index in [9.17, 15) is 13.2 Å². The number of ether oxygens (including phenoxy) is 1. The van der Waals surface area contributed by atoms with Crippen molar-refractivity contribution in [1.29, 1.82) is 0 Å². The molecule has 138 valence electrons. The van der Waals surface area contributed by atoms with Crippen LogP contribution >= 0.6 is 0 Å². The zero-order valence-corrected chi connectivity index (χ0v) is 15.0. The normalized spacial score (nSPS) is 16.0. The van der Waals surface area contributed by atoms with Crippen LogP contribution in [0.15, 0.2) is 18.2 Å². The van der Waals surface area contributed by atoms with E-state index in [1.807, 2.05) is 6.92 Å². The second-order valence-electron chi connectivity index (χ2n) is 7.45. The number of hydrogen-bond acceptors (Lipinski definition) is 1. The lowest BCUT2D eigenvalue weighted by Gasteiger charge is -2.28. The van der Waals surface area contributed by atoms with Gasteiger partial charge in [-0.05, 0) is 47.9 Å². The summed E-state index contributed by atoms with van der Waals surface area (Å²) in [5.74, 6) is -2.09. The highest BCUT2D eigenvalue weighted by atomic mass is 19.2. The number of hydrogen-bond donors (Lipinski definition) is 0. The average molecular weight is 360 g/mol. The highest BCUT2D eigenvalue weighted by Crippen LogP contribution is 2.52. The Bertz CT molecular complexity index is 838. The van der Waals surface area contributed by atoms with Gasteiger partial charge in [0.05, 0.1) is 6.61 Å². The van der Waals surface area contributed by atoms with E-state index in [1.54, 1.807) is 12.1 Å². The molecule has 1 fully saturated rings. The summed E-state index contributed by atoms with van der Waals surface area (Å²) in [5.41, 5.74) is 1.99. The van der Waals surface area contributed by atoms with Crippen LogP contribution in [0.4, 0.5) is 13.2 Å². The van der Waals surface area contributed by atoms with Crippen molar-refractivity contribution in [2.45, 2.75) is 51.9 Å². The molecular formula is C22H23F3O. The number of aryl methyl sites for hydroxylation is 1. The van der Waals surface area contributed by atoms with E-state index in [0.717, 1.165) is 19.3 Å². The minimum atomic E-state index is -1.01. The predicted octanol–water partition coefficient (Wildman–Crippen LogP) is 6.66. The van der Waals surface area contributed by atoms with Crippen molar-refractivity contribution in [3.8, 4) is 28.0 Å². The second kappa shape index (κ2) is 6.98. The summed E-state index contributed by atoms with van der Waals surface area (Å²) in [6.45, 7) is 2.37. The van der Waals surface area contributed by atoms with Gasteiger partial charge in [-0.1, -0.05) is 44.7 Å². The predicted molar refractivity (Wildman–Crippen MR) is 96.8 cm³/mol. The highest BCUT2D eigenvalue weighted by Gasteiger charge is 2.34. The fourth-order valence-electron chi connectivity index (χ4n) is 4.21. The van der Waals surface area contributed by atoms with E-state index in [0.29, 0.717) is 35.6 Å². The van der Waals surface area contributed by atoms with Gasteiger partial charge in [0.2, 0.25) is 5.82 Å². The molecule has 1 saturated carbocycles. The second-order valence-corrected chi connectivity index (χ2v) is 7.45. The van der Waals surface area contributed by atoms with E-state index < -0.39 is 17.5 Å². The zero-order chi connectivity index (χ0) is 18.3. The Labute approximate surface area is 152 Å². The first-order valence-corrected chi connectivity index (χ1v) is 9.58. The molecular weight excluding hydrogens is 337 g/mol. The van der Waals surface area contributed by atoms with Crippen molar-refractivity contribution in [2.75, 3.05) is 6.61 Å². The molecule has 26 heavy (non-hydrogen) atoms. The quantitative estimate of drug-likeness (QED) is 0.494. The molecule has 0 amide bonds. The van der Waals surface area contributed by atoms with E-state index in [-0.39, 0.29) is 16.9 Å². The molecule has 0 atom stereocenters. The van der Waals surface area contributed by atoms with Gasteiger partial charge in [-0.3, -0.25) is 0 Å². The summed E-state index contributed by atoms with van der Waals surface area (Å²) in [6.07, 6.45) is 7.10. The molecule has 2 aromatic rings. The van der Waals surface area contributed by atoms with Crippen molar-refractivity contribution in [3.05, 3.63) is 41.2 Å². The maximum Gasteiger partial charge on any atom is 0.201 e. The Morgan fingerprint density at radius 1 is 0.923 bits per heavy atom. The molecule has 0 bridgehead atoms. The molecule has 4 heteroatoms. The van der Waals surface area contributed by atoms with Crippen LogP contribution in [-0.4, -0.2) is 6.61 Å². The smallest absolute Gasteiger partial charge is 0.201 e. The van der Waals surface area contributed by atoms with Gasteiger partial charge in [0.25, 0.3) is 0 Å². The Morgan fingerprint density at radius 3 is 2.38 bits per heavy atom. The maximum atomic E-state index is 14.7. The van der Waals surface area contributed by atoms with E-state index in [1.165, 1.54) is 25.3 Å². The summed E-state index contributed by atoms with van der Waals surface area (Å²) in [4.78, 5) is 0. The van der Waals surface area contributed by atoms with Crippen molar-refractivity contribution in [2.24, 2.45) is 5.92 Å². The van der Waals surface area contributed by atoms with Crippen LogP contribution < -0.4 is 4.74 Å². The number of fused-ring (bicyclic) bond motifs is 4. The first-order chi connectivity index (χ1) is 12.6. The van der Waals surface area contributed by atoms with E-state index in [4.69, 9.17) is 4.74 Å². The van der Waals surface area contributed by atoms with Crippen LogP contribution in [0.1, 0.15) is 51.0 Å². The van der Waals surface area contributed by atoms with E-state index in [2.05, 4.69) is 0 Å². The van der Waals surface area contributed by atoms with Crippen molar-refractivity contribution >= 4 is 0 Å². The first kappa shape index (κ1) is 17.4. The average Bonchev–Trinajstić information content (AvgIpc) is 2.64. The van der Waals surface area contributed by atoms with Gasteiger partial charge in [-0.25, -0.2) is 8.78 Å². The third-order valence-corrected chi connectivity index (χ3v) is 5.65. The third-order valence-electron chi connectivity index (χ3n) is 5.65. The largest absolute Gasteiger partial charge is 0.490 e. The third kappa shape index (κ3) is 2.80. The van der Waals surface area contributed by atoms with Gasteiger partial charge in [-0.15, -0.1) is 0 Å². The molecule has 0 aliphatic heterocycles. The summed E-state index contributed by atoms with van der Waals surface area (Å²) < 4.78 is 49.4. The number of rotatable bonds is 5. The molecule has 0 aromatic heterocycles. The molecule has 0 unspecified atom stereocenters. The van der Waals surface area contributed by atoms with Gasteiger partial charge < -0.3 is 4.74 Å². The summed E-state index contributed by atoms with van der Waals surface area (Å²) in [5, 5.41) is 0. The lowest BCUT2D eigenvalue weighted by atomic mass is 9.78. The van der Waals surface area contributed by atoms with Crippen LogP contribution in [0.5, 0.6) is 5.75 Å². The fourth-order valence-corrected chi connectivity index (χ4v) is 4.21. The van der Waals surface area contributed by atoms with Crippen LogP contribution in [0.25, 0.3) is 22.3 Å². The standard InChI is InChI=1S/C22H23F3O/c1-2-6-14-9-10-15-16-11-17(26-12-13-7-4-3-5-8-13)21(24)22(25)19(16)18(15)20(14)23/h9-11,13H,2-8,12H2,1H3. The summed E-state index contributed by atoms with van der Waals surface area (Å²) in [6, 6.07) is 5.07. The number of halogens is 3. The molecule has 2 aliphatic rings. The van der Waals surface area contributed by atoms with Gasteiger partial charge >= 0.3 is 0 Å². The topological polar surface area (TPSA) is 9.23 Å². The zero-order valence-electron chi connectivity index (χ0n) is 15.0. The van der Waals surface area contributed by atoms with Crippen molar-refractivity contribution in [1.82, 2.24) is 0 Å². The van der Waals surface area contributed by atoms with Crippen LogP contribution in [0, 0.1) is 23.4 Å². The maximum absolute atomic E-state index is 14.7. The van der Waals surface area contributed by atoms with Crippen molar-refractivity contribution in [3.63, 3.8) is 0 Å². The molecule has 1 nitrogen and oxygen atoms in total. The monoisotopic (exact) mass is 360 g/mol. The van der Waals surface area contributed by atoms with Gasteiger partial charge in [0.1, 0.15) is 5.82 Å². The Kier molecular flexibility index (Phi) is 4.68. The number of benzene rings is 2. The van der Waals surface area contributed by atoms with Gasteiger partial charge in [0, 0.05) is 11.1 Å². The Balaban J connectivity index is 1.62. The Hall–Kier alpha value is -1.97. The lowest BCUT2D eigenvalue weighted by molar-refractivity contribution is 0.201. The van der Waals surface area contributed by atoms with Crippen LogP contribution in [0.2, 0.25) is 0 Å². The SMILES string of the molecule is CCCc1ccc2c(c1F)-c1c-2cc(OCC2CCCCC2)c(F)c1F. The van der Waals surface area contributed by atoms with Crippen LogP contribution in [-0.2, 0) is 6.42 Å². The molecule has 0 heterocycles. The van der Waals surface area contributed by atoms with Crippen molar-refractivity contribution < 1.29 is 17.9 Å². The summed E-state index contributed by atoms with van der Waals surface area (Å²) >= 11 is 0. The molecule has 4 rings (SSSR count). The van der Waals surface area contributed by atoms with E-state index >= 15 is 0 Å². The molecule has 0 saturated heterocycles. The molecule has 0 N–H and O–H groups in total. The van der Waals surface area contributed by atoms with Gasteiger partial charge in [0.15, 0.2) is 11.6 Å². The van der Waals surface area contributed by atoms with Crippen LogP contribution in [0.3, 0.4) is 0 Å². The Morgan fingerprint density at radius 2 is 1.65 bits per heavy atom. The molecule has 2 aromatic carbocycles.